The highest BCUT2D eigenvalue weighted by molar-refractivity contribution is 6.20. The van der Waals surface area contributed by atoms with Crippen molar-refractivity contribution in [2.24, 2.45) is 9.98 Å². The van der Waals surface area contributed by atoms with Crippen LogP contribution in [0.4, 0.5) is 14.5 Å². The normalized spacial score (nSPS) is 13.3. The van der Waals surface area contributed by atoms with Gasteiger partial charge in [0.05, 0.1) is 30.0 Å². The molecule has 0 fully saturated rings. The van der Waals surface area contributed by atoms with E-state index in [1.54, 1.807) is 31.8 Å². The minimum Gasteiger partial charge on any atom is -0.420 e. The Morgan fingerprint density at radius 2 is 2.06 bits per heavy atom. The van der Waals surface area contributed by atoms with Crippen molar-refractivity contribution in [1.29, 1.82) is 0 Å². The van der Waals surface area contributed by atoms with Gasteiger partial charge in [0.15, 0.2) is 0 Å². The number of benzene rings is 2. The van der Waals surface area contributed by atoms with Crippen LogP contribution in [0, 0.1) is 0 Å². The number of halogens is 3. The van der Waals surface area contributed by atoms with E-state index in [4.69, 9.17) is 16.3 Å². The molecule has 0 unspecified atom stereocenters. The Morgan fingerprint density at radius 3 is 2.69 bits per heavy atom. The summed E-state index contributed by atoms with van der Waals surface area (Å²) in [7, 11) is 1.63. The highest BCUT2D eigenvalue weighted by atomic mass is 35.5. The van der Waals surface area contributed by atoms with Crippen molar-refractivity contribution in [2.45, 2.75) is 25.5 Å². The Bertz CT molecular complexity index is 1270. The number of alkyl halides is 3. The molecule has 0 spiro atoms. The first-order valence-electron chi connectivity index (χ1n) is 10.4. The summed E-state index contributed by atoms with van der Waals surface area (Å²) in [5.41, 5.74) is -0.120. The molecular weight excluding hydrogens is 480 g/mol. The summed E-state index contributed by atoms with van der Waals surface area (Å²) in [6, 6.07) is 8.82. The molecule has 0 saturated carbocycles. The standard InChI is InChI=1S/C24H24ClF2N5O3/c1-15(11-29-13-28-3)20-9-17(10-21-22(20)32(14-30-21)16(2)12-34-4)23(33)31-18-5-7-19(8-6-18)35-24(25,26)27/h5-11,13-14,16H,3,12H2,1-2,4H3,(H,31,33)/b15-11+,29-13?/t16-/m1/s1. The molecular formula is C24H24ClF2N5O3. The number of methoxy groups -OCH3 is 1. The summed E-state index contributed by atoms with van der Waals surface area (Å²) < 4.78 is 37.2. The van der Waals surface area contributed by atoms with E-state index in [9.17, 15) is 13.6 Å². The van der Waals surface area contributed by atoms with Crippen LogP contribution in [-0.2, 0) is 4.74 Å². The summed E-state index contributed by atoms with van der Waals surface area (Å²) in [5, 5.41) is 2.74. The zero-order chi connectivity index (χ0) is 25.6. The van der Waals surface area contributed by atoms with Gasteiger partial charge >= 0.3 is 5.57 Å². The van der Waals surface area contributed by atoms with Crippen LogP contribution in [0.2, 0.25) is 0 Å². The first-order chi connectivity index (χ1) is 16.6. The predicted molar refractivity (Wildman–Crippen MR) is 134 cm³/mol. The number of aromatic nitrogens is 2. The molecule has 0 aliphatic rings. The Kier molecular flexibility index (Phi) is 8.31. The third-order valence-electron chi connectivity index (χ3n) is 5.00. The smallest absolute Gasteiger partial charge is 0.420 e. The second-order valence-electron chi connectivity index (χ2n) is 7.63. The van der Waals surface area contributed by atoms with Gasteiger partial charge < -0.3 is 19.4 Å². The molecule has 3 rings (SSSR count). The summed E-state index contributed by atoms with van der Waals surface area (Å²) in [4.78, 5) is 25.2. The van der Waals surface area contributed by atoms with Crippen LogP contribution in [0.15, 0.2) is 58.9 Å². The Balaban J connectivity index is 1.98. The number of imidazole rings is 1. The molecule has 1 N–H and O–H groups in total. The molecule has 3 aromatic rings. The highest BCUT2D eigenvalue weighted by Gasteiger charge is 2.27. The van der Waals surface area contributed by atoms with Crippen LogP contribution in [0.1, 0.15) is 35.8 Å². The van der Waals surface area contributed by atoms with Gasteiger partial charge in [-0.05, 0) is 62.5 Å². The number of rotatable bonds is 10. The Morgan fingerprint density at radius 1 is 1.34 bits per heavy atom. The van der Waals surface area contributed by atoms with Crippen LogP contribution in [0.25, 0.3) is 16.6 Å². The fourth-order valence-electron chi connectivity index (χ4n) is 3.46. The summed E-state index contributed by atoms with van der Waals surface area (Å²) >= 11 is 4.78. The first kappa shape index (κ1) is 26.0. The summed E-state index contributed by atoms with van der Waals surface area (Å²) in [6.07, 6.45) is 4.64. The number of ether oxygens (including phenoxy) is 2. The monoisotopic (exact) mass is 503 g/mol. The number of carbonyl (C=O) groups excluding carboxylic acids is 1. The van der Waals surface area contributed by atoms with Crippen molar-refractivity contribution in [3.05, 3.63) is 60.1 Å². The Labute approximate surface area is 205 Å². The average molecular weight is 504 g/mol. The van der Waals surface area contributed by atoms with Gasteiger partial charge in [0, 0.05) is 41.7 Å². The number of hydrogen-bond donors (Lipinski definition) is 1. The zero-order valence-electron chi connectivity index (χ0n) is 19.3. The van der Waals surface area contributed by atoms with Crippen molar-refractivity contribution < 1.29 is 23.0 Å². The van der Waals surface area contributed by atoms with Crippen LogP contribution in [0.3, 0.4) is 0 Å². The number of amides is 1. The van der Waals surface area contributed by atoms with Gasteiger partial charge in [-0.15, -0.1) is 8.78 Å². The van der Waals surface area contributed by atoms with Gasteiger partial charge in [-0.3, -0.25) is 9.79 Å². The van der Waals surface area contributed by atoms with Crippen molar-refractivity contribution in [3.8, 4) is 5.75 Å². The zero-order valence-corrected chi connectivity index (χ0v) is 20.1. The molecule has 0 saturated heterocycles. The fourth-order valence-corrected chi connectivity index (χ4v) is 3.55. The molecule has 11 heteroatoms. The van der Waals surface area contributed by atoms with E-state index < -0.39 is 11.5 Å². The van der Waals surface area contributed by atoms with E-state index in [2.05, 4.69) is 31.7 Å². The summed E-state index contributed by atoms with van der Waals surface area (Å²) in [5.74, 6) is -0.550. The van der Waals surface area contributed by atoms with Gasteiger partial charge in [0.1, 0.15) is 12.1 Å². The Hall–Kier alpha value is -3.63. The fraction of sp³-hybridized carbons (Fsp3) is 0.250. The molecule has 0 aliphatic heterocycles. The molecule has 2 aromatic carbocycles. The van der Waals surface area contributed by atoms with E-state index in [0.29, 0.717) is 23.4 Å². The van der Waals surface area contributed by atoms with Gasteiger partial charge in [0.25, 0.3) is 5.91 Å². The van der Waals surface area contributed by atoms with Gasteiger partial charge in [-0.1, -0.05) is 0 Å². The molecule has 1 atom stereocenters. The van der Waals surface area contributed by atoms with Crippen molar-refractivity contribution in [1.82, 2.24) is 9.55 Å². The SMILES string of the molecule is C=NC=N/C=C(\C)c1cc(C(=O)Nc2ccc(OC(F)(F)Cl)cc2)cc2ncn([C@H](C)COC)c12. The van der Waals surface area contributed by atoms with Crippen LogP contribution in [0.5, 0.6) is 5.75 Å². The largest absolute Gasteiger partial charge is 0.487 e. The topological polar surface area (TPSA) is 90.1 Å². The molecule has 0 aliphatic carbocycles. The predicted octanol–water partition coefficient (Wildman–Crippen LogP) is 5.75. The number of fused-ring (bicyclic) bond motifs is 1. The number of allylic oxidation sites excluding steroid dienone is 1. The van der Waals surface area contributed by atoms with E-state index in [-0.39, 0.29) is 11.8 Å². The molecule has 184 valence electrons. The highest BCUT2D eigenvalue weighted by Crippen LogP contribution is 2.30. The summed E-state index contributed by atoms with van der Waals surface area (Å²) in [6.45, 7) is 7.71. The second-order valence-corrected chi connectivity index (χ2v) is 8.07. The number of carbonyl (C=O) groups is 1. The molecule has 0 radical (unpaired) electrons. The van der Waals surface area contributed by atoms with Crippen LogP contribution in [-0.4, -0.2) is 47.8 Å². The van der Waals surface area contributed by atoms with Crippen molar-refractivity contribution >= 4 is 52.9 Å². The van der Waals surface area contributed by atoms with Crippen LogP contribution < -0.4 is 10.1 Å². The third kappa shape index (κ3) is 6.71. The molecule has 1 aromatic heterocycles. The lowest BCUT2D eigenvalue weighted by molar-refractivity contribution is -0.0964. The molecule has 8 nitrogen and oxygen atoms in total. The lowest BCUT2D eigenvalue weighted by Crippen LogP contribution is -2.16. The number of nitrogens with zero attached hydrogens (tertiary/aromatic N) is 4. The maximum atomic E-state index is 13.0. The number of aliphatic imine (C=N–C) groups is 2. The average Bonchev–Trinajstić information content (AvgIpc) is 3.23. The molecule has 35 heavy (non-hydrogen) atoms. The quantitative estimate of drug-likeness (QED) is 0.216. The number of hydrogen-bond acceptors (Lipinski definition) is 5. The lowest BCUT2D eigenvalue weighted by atomic mass is 10.0. The molecule has 1 amide bonds. The maximum absolute atomic E-state index is 13.0. The number of anilines is 1. The van der Waals surface area contributed by atoms with Crippen LogP contribution >= 0.6 is 11.6 Å². The van der Waals surface area contributed by atoms with Gasteiger partial charge in [-0.25, -0.2) is 9.98 Å². The van der Waals surface area contributed by atoms with E-state index >= 15 is 0 Å². The third-order valence-corrected chi connectivity index (χ3v) is 5.08. The second kappa shape index (κ2) is 11.2. The lowest BCUT2D eigenvalue weighted by Gasteiger charge is -2.16. The van der Waals surface area contributed by atoms with Crippen molar-refractivity contribution in [3.63, 3.8) is 0 Å². The van der Waals surface area contributed by atoms with E-state index in [1.807, 2.05) is 18.4 Å². The van der Waals surface area contributed by atoms with Crippen molar-refractivity contribution in [2.75, 3.05) is 19.0 Å². The number of nitrogens with one attached hydrogen (secondary N) is 1. The van der Waals surface area contributed by atoms with E-state index in [0.717, 1.165) is 16.7 Å². The van der Waals surface area contributed by atoms with Gasteiger partial charge in [0.2, 0.25) is 0 Å². The molecule has 0 bridgehead atoms. The molecule has 1 heterocycles. The minimum absolute atomic E-state index is 0.00401. The minimum atomic E-state index is -3.82. The first-order valence-corrected chi connectivity index (χ1v) is 10.8. The van der Waals surface area contributed by atoms with E-state index in [1.165, 1.54) is 30.6 Å². The maximum Gasteiger partial charge on any atom is 0.487 e. The van der Waals surface area contributed by atoms with Gasteiger partial charge in [-0.2, -0.15) is 0 Å².